The largest absolute Gasteiger partial charge is 0.399 e. The minimum absolute atomic E-state index is 0.226. The number of allylic oxidation sites excluding steroid dienone is 1. The van der Waals surface area contributed by atoms with E-state index in [4.69, 9.17) is 5.73 Å². The van der Waals surface area contributed by atoms with Crippen LogP contribution in [0.1, 0.15) is 31.2 Å². The Morgan fingerprint density at radius 3 is 2.62 bits per heavy atom. The van der Waals surface area contributed by atoms with Crippen LogP contribution in [0.3, 0.4) is 0 Å². The fourth-order valence-corrected chi connectivity index (χ4v) is 1.63. The van der Waals surface area contributed by atoms with Gasteiger partial charge in [-0.05, 0) is 36.1 Å². The van der Waals surface area contributed by atoms with Gasteiger partial charge in [0.05, 0.1) is 0 Å². The highest BCUT2D eigenvalue weighted by atomic mass is 16.1. The van der Waals surface area contributed by atoms with Crippen LogP contribution in [0.15, 0.2) is 30.3 Å². The van der Waals surface area contributed by atoms with Gasteiger partial charge < -0.3 is 5.73 Å². The van der Waals surface area contributed by atoms with E-state index >= 15 is 0 Å². The molecule has 1 aliphatic rings. The Hall–Kier alpha value is -1.57. The van der Waals surface area contributed by atoms with Crippen LogP contribution in [0.5, 0.6) is 0 Å². The van der Waals surface area contributed by atoms with E-state index in [-0.39, 0.29) is 5.78 Å². The summed E-state index contributed by atoms with van der Waals surface area (Å²) in [6.45, 7) is 0. The maximum Gasteiger partial charge on any atom is 0.155 e. The second kappa shape index (κ2) is 4.97. The summed E-state index contributed by atoms with van der Waals surface area (Å²) < 4.78 is 0. The molecule has 84 valence electrons. The zero-order chi connectivity index (χ0) is 11.4. The lowest BCUT2D eigenvalue weighted by molar-refractivity contribution is -0.114. The molecule has 1 aromatic rings. The van der Waals surface area contributed by atoms with Crippen LogP contribution in [0.4, 0.5) is 5.69 Å². The fourth-order valence-electron chi connectivity index (χ4n) is 1.63. The normalized spacial score (nSPS) is 15.5. The molecule has 2 rings (SSSR count). The van der Waals surface area contributed by atoms with Crippen LogP contribution < -0.4 is 5.73 Å². The Morgan fingerprint density at radius 2 is 2.00 bits per heavy atom. The monoisotopic (exact) mass is 215 g/mol. The summed E-state index contributed by atoms with van der Waals surface area (Å²) in [6.07, 6.45) is 7.91. The molecule has 1 fully saturated rings. The van der Waals surface area contributed by atoms with Crippen molar-refractivity contribution in [3.05, 3.63) is 35.9 Å². The molecule has 2 heteroatoms. The van der Waals surface area contributed by atoms with Gasteiger partial charge in [-0.15, -0.1) is 0 Å². The molecule has 0 amide bonds. The molecule has 0 heterocycles. The second-order valence-corrected chi connectivity index (χ2v) is 4.45. The van der Waals surface area contributed by atoms with Crippen molar-refractivity contribution in [1.82, 2.24) is 0 Å². The zero-order valence-electron chi connectivity index (χ0n) is 9.36. The summed E-state index contributed by atoms with van der Waals surface area (Å²) >= 11 is 0. The van der Waals surface area contributed by atoms with Crippen LogP contribution in [0, 0.1) is 5.92 Å². The molecular weight excluding hydrogens is 198 g/mol. The van der Waals surface area contributed by atoms with Crippen molar-refractivity contribution in [2.75, 3.05) is 5.73 Å². The van der Waals surface area contributed by atoms with Gasteiger partial charge in [0.25, 0.3) is 0 Å². The molecule has 0 radical (unpaired) electrons. The molecular formula is C14H17NO. The van der Waals surface area contributed by atoms with Gasteiger partial charge in [0.1, 0.15) is 0 Å². The Balaban J connectivity index is 1.82. The third kappa shape index (κ3) is 3.54. The highest BCUT2D eigenvalue weighted by molar-refractivity contribution is 5.93. The number of benzene rings is 1. The summed E-state index contributed by atoms with van der Waals surface area (Å²) in [5, 5.41) is 0. The first kappa shape index (κ1) is 10.9. The van der Waals surface area contributed by atoms with Crippen molar-refractivity contribution < 1.29 is 4.79 Å². The smallest absolute Gasteiger partial charge is 0.155 e. The summed E-state index contributed by atoms with van der Waals surface area (Å²) in [7, 11) is 0. The Bertz CT molecular complexity index is 388. The third-order valence-corrected chi connectivity index (χ3v) is 2.89. The van der Waals surface area contributed by atoms with Crippen LogP contribution in [0.2, 0.25) is 0 Å². The quantitative estimate of drug-likeness (QED) is 0.606. The number of carbonyl (C=O) groups is 1. The standard InChI is InChI=1S/C14H17NO/c15-13-7-3-12(4-8-13)6-10-14(16)9-5-11-1-2-11/h3-4,6-8,10-11H,1-2,5,9,15H2/b10-6+. The van der Waals surface area contributed by atoms with Gasteiger partial charge in [0.15, 0.2) is 5.78 Å². The Morgan fingerprint density at radius 1 is 1.31 bits per heavy atom. The molecule has 1 saturated carbocycles. The van der Waals surface area contributed by atoms with Gasteiger partial charge in [-0.25, -0.2) is 0 Å². The van der Waals surface area contributed by atoms with Crippen LogP contribution in [-0.4, -0.2) is 5.78 Å². The number of nitrogens with two attached hydrogens (primary N) is 1. The topological polar surface area (TPSA) is 43.1 Å². The first-order valence-electron chi connectivity index (χ1n) is 5.80. The SMILES string of the molecule is Nc1ccc(/C=C/C(=O)CCC2CC2)cc1. The average Bonchev–Trinajstić information content (AvgIpc) is 3.09. The number of nitrogen functional groups attached to an aromatic ring is 1. The highest BCUT2D eigenvalue weighted by Gasteiger charge is 2.21. The van der Waals surface area contributed by atoms with E-state index in [0.29, 0.717) is 6.42 Å². The van der Waals surface area contributed by atoms with Crippen molar-refractivity contribution in [3.8, 4) is 0 Å². The molecule has 0 unspecified atom stereocenters. The highest BCUT2D eigenvalue weighted by Crippen LogP contribution is 2.33. The Kier molecular flexibility index (Phi) is 3.40. The summed E-state index contributed by atoms with van der Waals surface area (Å²) in [5.74, 6) is 1.05. The van der Waals surface area contributed by atoms with E-state index < -0.39 is 0 Å². The van der Waals surface area contributed by atoms with E-state index in [2.05, 4.69) is 0 Å². The van der Waals surface area contributed by atoms with E-state index in [0.717, 1.165) is 23.6 Å². The number of rotatable bonds is 5. The van der Waals surface area contributed by atoms with E-state index in [1.165, 1.54) is 12.8 Å². The molecule has 0 spiro atoms. The van der Waals surface area contributed by atoms with Crippen LogP contribution >= 0.6 is 0 Å². The average molecular weight is 215 g/mol. The van der Waals surface area contributed by atoms with E-state index in [1.807, 2.05) is 30.3 Å². The minimum atomic E-state index is 0.226. The van der Waals surface area contributed by atoms with E-state index in [9.17, 15) is 4.79 Å². The van der Waals surface area contributed by atoms with Crippen molar-refractivity contribution in [2.24, 2.45) is 5.92 Å². The van der Waals surface area contributed by atoms with Crippen molar-refractivity contribution in [3.63, 3.8) is 0 Å². The summed E-state index contributed by atoms with van der Waals surface area (Å²) in [4.78, 5) is 11.5. The van der Waals surface area contributed by atoms with Crippen LogP contribution in [0.25, 0.3) is 6.08 Å². The Labute approximate surface area is 96.2 Å². The second-order valence-electron chi connectivity index (χ2n) is 4.45. The number of anilines is 1. The van der Waals surface area contributed by atoms with Gasteiger partial charge in [-0.1, -0.05) is 31.1 Å². The van der Waals surface area contributed by atoms with Crippen molar-refractivity contribution >= 4 is 17.5 Å². The number of carbonyl (C=O) groups excluding carboxylic acids is 1. The maximum absolute atomic E-state index is 11.5. The van der Waals surface area contributed by atoms with Gasteiger partial charge in [-0.2, -0.15) is 0 Å². The molecule has 1 aliphatic carbocycles. The molecule has 0 aliphatic heterocycles. The minimum Gasteiger partial charge on any atom is -0.399 e. The molecule has 0 bridgehead atoms. The predicted octanol–water partition coefficient (Wildman–Crippen LogP) is 3.04. The maximum atomic E-state index is 11.5. The first-order chi connectivity index (χ1) is 7.74. The summed E-state index contributed by atoms with van der Waals surface area (Å²) in [6, 6.07) is 7.52. The molecule has 2 nitrogen and oxygen atoms in total. The molecule has 16 heavy (non-hydrogen) atoms. The first-order valence-corrected chi connectivity index (χ1v) is 5.80. The number of hydrogen-bond acceptors (Lipinski definition) is 2. The molecule has 0 atom stereocenters. The summed E-state index contributed by atoms with van der Waals surface area (Å²) in [5.41, 5.74) is 7.35. The predicted molar refractivity (Wildman–Crippen MR) is 66.9 cm³/mol. The van der Waals surface area contributed by atoms with Crippen LogP contribution in [-0.2, 0) is 4.79 Å². The van der Waals surface area contributed by atoms with Gasteiger partial charge >= 0.3 is 0 Å². The van der Waals surface area contributed by atoms with Crippen molar-refractivity contribution in [1.29, 1.82) is 0 Å². The molecule has 2 N–H and O–H groups in total. The zero-order valence-corrected chi connectivity index (χ0v) is 9.36. The molecule has 1 aromatic carbocycles. The molecule has 0 aromatic heterocycles. The lowest BCUT2D eigenvalue weighted by atomic mass is 10.1. The fraction of sp³-hybridized carbons (Fsp3) is 0.357. The van der Waals surface area contributed by atoms with Gasteiger partial charge in [-0.3, -0.25) is 4.79 Å². The van der Waals surface area contributed by atoms with Gasteiger partial charge in [0, 0.05) is 12.1 Å². The van der Waals surface area contributed by atoms with Gasteiger partial charge in [0.2, 0.25) is 0 Å². The lowest BCUT2D eigenvalue weighted by Gasteiger charge is -1.95. The molecule has 0 saturated heterocycles. The number of hydrogen-bond donors (Lipinski definition) is 1. The third-order valence-electron chi connectivity index (χ3n) is 2.89. The van der Waals surface area contributed by atoms with E-state index in [1.54, 1.807) is 6.08 Å². The van der Waals surface area contributed by atoms with Crippen molar-refractivity contribution in [2.45, 2.75) is 25.7 Å². The lowest BCUT2D eigenvalue weighted by Crippen LogP contribution is -1.92. The number of ketones is 1.